The number of amidine groups is 1. The monoisotopic (exact) mass is 534 g/mol. The second-order valence-corrected chi connectivity index (χ2v) is 9.51. The van der Waals surface area contributed by atoms with Crippen molar-refractivity contribution in [2.75, 3.05) is 7.11 Å². The Hall–Kier alpha value is -3.70. The number of nitrogens with two attached hydrogens (primary N) is 2. The number of aryl methyl sites for hydroxylation is 2. The molecule has 0 unspecified atom stereocenters. The Labute approximate surface area is 227 Å². The SMILES string of the molecule is C#CC.COc1ccc(-c2csc3c(Cl)cc(COc4ccc(CC/C(=N/N)NN)cc4)cc23)c(C)c1. The molecule has 0 spiro atoms. The molecule has 4 aromatic rings. The van der Waals surface area contributed by atoms with E-state index < -0.39 is 0 Å². The van der Waals surface area contributed by atoms with E-state index >= 15 is 0 Å². The van der Waals surface area contributed by atoms with Crippen LogP contribution in [0.15, 0.2) is 65.1 Å². The highest BCUT2D eigenvalue weighted by Gasteiger charge is 2.13. The molecule has 8 heteroatoms. The number of hydrogen-bond acceptors (Lipinski definition) is 6. The molecule has 5 N–H and O–H groups in total. The zero-order chi connectivity index (χ0) is 26.8. The van der Waals surface area contributed by atoms with E-state index in [0.717, 1.165) is 49.7 Å². The molecule has 0 amide bonds. The first kappa shape index (κ1) is 27.9. The number of thiophene rings is 1. The van der Waals surface area contributed by atoms with Crippen LogP contribution in [0.3, 0.4) is 0 Å². The molecular weight excluding hydrogens is 504 g/mol. The summed E-state index contributed by atoms with van der Waals surface area (Å²) in [6.07, 6.45) is 6.01. The molecule has 0 atom stereocenters. The first-order chi connectivity index (χ1) is 17.9. The molecule has 37 heavy (non-hydrogen) atoms. The van der Waals surface area contributed by atoms with Gasteiger partial charge >= 0.3 is 0 Å². The van der Waals surface area contributed by atoms with Crippen LogP contribution < -0.4 is 26.6 Å². The number of hydrazone groups is 1. The summed E-state index contributed by atoms with van der Waals surface area (Å²) in [6.45, 7) is 4.17. The number of nitrogens with zero attached hydrogens (tertiary/aromatic N) is 1. The highest BCUT2D eigenvalue weighted by Crippen LogP contribution is 2.40. The molecule has 3 aromatic carbocycles. The van der Waals surface area contributed by atoms with Gasteiger partial charge in [-0.25, -0.2) is 5.84 Å². The summed E-state index contributed by atoms with van der Waals surface area (Å²) < 4.78 is 12.5. The van der Waals surface area contributed by atoms with Crippen LogP contribution >= 0.6 is 22.9 Å². The first-order valence-electron chi connectivity index (χ1n) is 11.6. The maximum Gasteiger partial charge on any atom is 0.136 e. The molecule has 0 aliphatic carbocycles. The van der Waals surface area contributed by atoms with E-state index in [4.69, 9.17) is 32.8 Å². The van der Waals surface area contributed by atoms with Crippen molar-refractivity contribution < 1.29 is 9.47 Å². The number of benzene rings is 3. The van der Waals surface area contributed by atoms with Crippen LogP contribution in [0.2, 0.25) is 5.02 Å². The number of ether oxygens (including phenoxy) is 2. The lowest BCUT2D eigenvalue weighted by Gasteiger charge is -2.10. The minimum Gasteiger partial charge on any atom is -0.497 e. The fraction of sp³-hybridized carbons (Fsp3) is 0.207. The summed E-state index contributed by atoms with van der Waals surface area (Å²) in [5, 5.41) is 7.63. The highest BCUT2D eigenvalue weighted by molar-refractivity contribution is 7.18. The summed E-state index contributed by atoms with van der Waals surface area (Å²) in [4.78, 5) is 0. The molecule has 0 radical (unpaired) electrons. The molecule has 0 aliphatic heterocycles. The Morgan fingerprint density at radius 2 is 1.78 bits per heavy atom. The van der Waals surface area contributed by atoms with Gasteiger partial charge in [-0.2, -0.15) is 5.10 Å². The highest BCUT2D eigenvalue weighted by atomic mass is 35.5. The number of rotatable bonds is 8. The Morgan fingerprint density at radius 3 is 2.41 bits per heavy atom. The number of fused-ring (bicyclic) bond motifs is 1. The summed E-state index contributed by atoms with van der Waals surface area (Å²) in [5.41, 5.74) is 8.15. The van der Waals surface area contributed by atoms with Gasteiger partial charge in [0.2, 0.25) is 0 Å². The Morgan fingerprint density at radius 1 is 1.08 bits per heavy atom. The lowest BCUT2D eigenvalue weighted by atomic mass is 9.99. The summed E-state index contributed by atoms with van der Waals surface area (Å²) in [6, 6.07) is 18.3. The van der Waals surface area contributed by atoms with Crippen molar-refractivity contribution in [1.82, 2.24) is 5.43 Å². The van der Waals surface area contributed by atoms with E-state index in [0.29, 0.717) is 18.9 Å². The van der Waals surface area contributed by atoms with E-state index in [1.807, 2.05) is 42.5 Å². The Kier molecular flexibility index (Phi) is 10.2. The topological polar surface area (TPSA) is 94.9 Å². The van der Waals surface area contributed by atoms with Gasteiger partial charge in [0.05, 0.1) is 16.8 Å². The van der Waals surface area contributed by atoms with Crippen LogP contribution in [0.5, 0.6) is 11.5 Å². The molecule has 192 valence electrons. The van der Waals surface area contributed by atoms with Crippen molar-refractivity contribution >= 4 is 38.9 Å². The predicted molar refractivity (Wildman–Crippen MR) is 156 cm³/mol. The summed E-state index contributed by atoms with van der Waals surface area (Å²) in [5.74, 6) is 15.1. The van der Waals surface area contributed by atoms with Gasteiger partial charge < -0.3 is 20.7 Å². The third kappa shape index (κ3) is 7.17. The van der Waals surface area contributed by atoms with Gasteiger partial charge in [-0.3, -0.25) is 0 Å². The number of halogens is 1. The van der Waals surface area contributed by atoms with Crippen molar-refractivity contribution in [2.24, 2.45) is 16.8 Å². The lowest BCUT2D eigenvalue weighted by Crippen LogP contribution is -2.31. The van der Waals surface area contributed by atoms with Crippen LogP contribution in [0.25, 0.3) is 21.2 Å². The third-order valence-corrected chi connectivity index (χ3v) is 7.15. The van der Waals surface area contributed by atoms with Gasteiger partial charge in [-0.05, 0) is 84.3 Å². The van der Waals surface area contributed by atoms with Crippen LogP contribution in [0.4, 0.5) is 0 Å². The van der Waals surface area contributed by atoms with E-state index in [1.165, 1.54) is 11.1 Å². The molecule has 0 bridgehead atoms. The van der Waals surface area contributed by atoms with Gasteiger partial charge in [0.25, 0.3) is 0 Å². The van der Waals surface area contributed by atoms with Crippen LogP contribution in [-0.2, 0) is 13.0 Å². The lowest BCUT2D eigenvalue weighted by molar-refractivity contribution is 0.306. The molecular formula is C29H31ClN4O2S. The van der Waals surface area contributed by atoms with Gasteiger partial charge in [-0.15, -0.1) is 23.7 Å². The van der Waals surface area contributed by atoms with Crippen molar-refractivity contribution in [1.29, 1.82) is 0 Å². The zero-order valence-corrected chi connectivity index (χ0v) is 22.7. The fourth-order valence-electron chi connectivity index (χ4n) is 3.86. The summed E-state index contributed by atoms with van der Waals surface area (Å²) >= 11 is 8.30. The molecule has 0 aliphatic rings. The molecule has 1 heterocycles. The predicted octanol–water partition coefficient (Wildman–Crippen LogP) is 6.43. The number of nitrogens with one attached hydrogen (secondary N) is 1. The third-order valence-electron chi connectivity index (χ3n) is 5.71. The number of terminal acetylenes is 1. The van der Waals surface area contributed by atoms with Crippen LogP contribution in [0, 0.1) is 19.3 Å². The normalized spacial score (nSPS) is 10.9. The molecule has 0 saturated carbocycles. The molecule has 1 aromatic heterocycles. The second-order valence-electron chi connectivity index (χ2n) is 8.23. The van der Waals surface area contributed by atoms with Gasteiger partial charge in [0.1, 0.15) is 23.9 Å². The van der Waals surface area contributed by atoms with Gasteiger partial charge in [0.15, 0.2) is 0 Å². The zero-order valence-electron chi connectivity index (χ0n) is 21.2. The largest absolute Gasteiger partial charge is 0.497 e. The van der Waals surface area contributed by atoms with E-state index in [2.05, 4.69) is 47.3 Å². The number of methoxy groups -OCH3 is 1. The van der Waals surface area contributed by atoms with Crippen LogP contribution in [0.1, 0.15) is 30.0 Å². The van der Waals surface area contributed by atoms with Gasteiger partial charge in [-0.1, -0.05) is 29.8 Å². The smallest absolute Gasteiger partial charge is 0.136 e. The van der Waals surface area contributed by atoms with Gasteiger partial charge in [0, 0.05) is 17.4 Å². The Balaban J connectivity index is 0.00000121. The van der Waals surface area contributed by atoms with Crippen molar-refractivity contribution in [3.8, 4) is 35.0 Å². The Bertz CT molecular complexity index is 1410. The van der Waals surface area contributed by atoms with E-state index in [-0.39, 0.29) is 0 Å². The number of hydrogen-bond donors (Lipinski definition) is 3. The van der Waals surface area contributed by atoms with Crippen molar-refractivity contribution in [3.05, 3.63) is 81.7 Å². The van der Waals surface area contributed by atoms with Crippen molar-refractivity contribution in [3.63, 3.8) is 0 Å². The summed E-state index contributed by atoms with van der Waals surface area (Å²) in [7, 11) is 1.68. The maximum atomic E-state index is 6.64. The van der Waals surface area contributed by atoms with Crippen LogP contribution in [-0.4, -0.2) is 12.9 Å². The van der Waals surface area contributed by atoms with Crippen molar-refractivity contribution in [2.45, 2.75) is 33.3 Å². The quantitative estimate of drug-likeness (QED) is 0.0796. The second kappa shape index (κ2) is 13.6. The van der Waals surface area contributed by atoms with E-state index in [9.17, 15) is 0 Å². The molecule has 4 rings (SSSR count). The minimum atomic E-state index is 0.424. The van der Waals surface area contributed by atoms with E-state index in [1.54, 1.807) is 25.4 Å². The fourth-order valence-corrected chi connectivity index (χ4v) is 5.20. The first-order valence-corrected chi connectivity index (χ1v) is 12.9. The average Bonchev–Trinajstić information content (AvgIpc) is 3.33. The number of hydrazine groups is 1. The maximum absolute atomic E-state index is 6.64. The molecule has 0 saturated heterocycles. The minimum absolute atomic E-state index is 0.424. The average molecular weight is 535 g/mol. The standard InChI is InChI=1S/C26H27ClN4O2S.C3H4/c1-16-11-20(32-2)8-9-21(16)23-15-34-26-22(23)12-18(13-24(26)27)14-33-19-6-3-17(4-7-19)5-10-25(30-28)31-29;1-3-2/h3-4,6-9,11-13,15H,5,10,14,28-29H2,1-2H3,(H,30,31);1H,2H3. The molecule has 0 fully saturated rings. The molecule has 6 nitrogen and oxygen atoms in total.